The number of carbonyl (C=O) groups is 1. The summed E-state index contributed by atoms with van der Waals surface area (Å²) >= 11 is 0. The van der Waals surface area contributed by atoms with Crippen LogP contribution >= 0.6 is 0 Å². The van der Waals surface area contributed by atoms with Gasteiger partial charge in [0.15, 0.2) is 0 Å². The minimum Gasteiger partial charge on any atom is -0.453 e. The Morgan fingerprint density at radius 3 is 3.05 bits per heavy atom. The number of aryl methyl sites for hydroxylation is 1. The molecule has 1 aromatic carbocycles. The van der Waals surface area contributed by atoms with E-state index in [1.54, 1.807) is 6.07 Å². The van der Waals surface area contributed by atoms with Gasteiger partial charge in [0.1, 0.15) is 12.4 Å². The quantitative estimate of drug-likeness (QED) is 0.788. The number of hydrogen-bond acceptors (Lipinski definition) is 4. The van der Waals surface area contributed by atoms with E-state index in [1.807, 2.05) is 36.4 Å². The van der Waals surface area contributed by atoms with E-state index < -0.39 is 0 Å². The van der Waals surface area contributed by atoms with Crippen LogP contribution in [-0.2, 0) is 16.0 Å². The van der Waals surface area contributed by atoms with Crippen LogP contribution < -0.4 is 0 Å². The van der Waals surface area contributed by atoms with Crippen LogP contribution in [0.4, 0.5) is 0 Å². The second-order valence-electron chi connectivity index (χ2n) is 4.39. The molecule has 1 aliphatic rings. The van der Waals surface area contributed by atoms with Crippen LogP contribution in [0, 0.1) is 0 Å². The molecule has 1 aliphatic carbocycles. The Balaban J connectivity index is 1.58. The highest BCUT2D eigenvalue weighted by atomic mass is 16.5. The number of carbonyl (C=O) groups excluding carboxylic acids is 1. The van der Waals surface area contributed by atoms with Gasteiger partial charge in [0.2, 0.25) is 0 Å². The molecule has 4 heteroatoms. The summed E-state index contributed by atoms with van der Waals surface area (Å²) in [7, 11) is 0. The third kappa shape index (κ3) is 2.57. The van der Waals surface area contributed by atoms with Gasteiger partial charge in [0.05, 0.1) is 12.1 Å². The van der Waals surface area contributed by atoms with Gasteiger partial charge in [-0.05, 0) is 11.6 Å². The second kappa shape index (κ2) is 5.10. The van der Waals surface area contributed by atoms with Gasteiger partial charge in [0.25, 0.3) is 0 Å². The van der Waals surface area contributed by atoms with Gasteiger partial charge in [0, 0.05) is 18.1 Å². The van der Waals surface area contributed by atoms with Crippen LogP contribution in [0.5, 0.6) is 0 Å². The van der Waals surface area contributed by atoms with E-state index in [-0.39, 0.29) is 12.1 Å². The first-order chi connectivity index (χ1) is 9.33. The lowest BCUT2D eigenvalue weighted by atomic mass is 10.1. The molecule has 4 nitrogen and oxygen atoms in total. The van der Waals surface area contributed by atoms with Crippen LogP contribution in [0.3, 0.4) is 0 Å². The predicted molar refractivity (Wildman–Crippen MR) is 69.1 cm³/mol. The van der Waals surface area contributed by atoms with Gasteiger partial charge >= 0.3 is 5.97 Å². The normalized spacial score (nSPS) is 16.3. The lowest BCUT2D eigenvalue weighted by molar-refractivity contribution is -0.147. The molecule has 0 bridgehead atoms. The van der Waals surface area contributed by atoms with E-state index in [9.17, 15) is 4.79 Å². The van der Waals surface area contributed by atoms with Crippen LogP contribution in [0.25, 0.3) is 6.08 Å². The first kappa shape index (κ1) is 11.7. The van der Waals surface area contributed by atoms with Crippen molar-refractivity contribution in [3.63, 3.8) is 0 Å². The van der Waals surface area contributed by atoms with E-state index in [1.165, 1.54) is 6.26 Å². The molecule has 0 saturated carbocycles. The summed E-state index contributed by atoms with van der Waals surface area (Å²) in [6, 6.07) is 9.65. The Morgan fingerprint density at radius 1 is 1.32 bits per heavy atom. The van der Waals surface area contributed by atoms with Crippen LogP contribution in [0.15, 0.2) is 47.2 Å². The lowest BCUT2D eigenvalue weighted by Crippen LogP contribution is -2.09. The Kier molecular flexibility index (Phi) is 3.14. The number of ether oxygens (including phenoxy) is 1. The minimum atomic E-state index is -0.263. The molecule has 0 amide bonds. The molecule has 1 aromatic heterocycles. The number of aromatic nitrogens is 1. The second-order valence-corrected chi connectivity index (χ2v) is 4.39. The summed E-state index contributed by atoms with van der Waals surface area (Å²) in [4.78, 5) is 11.8. The van der Waals surface area contributed by atoms with Gasteiger partial charge < -0.3 is 9.26 Å². The molecule has 0 fully saturated rings. The molecule has 0 saturated heterocycles. The summed E-state index contributed by atoms with van der Waals surface area (Å²) in [6.45, 7) is 0. The third-order valence-electron chi connectivity index (χ3n) is 3.09. The summed E-state index contributed by atoms with van der Waals surface area (Å²) in [5, 5.41) is 3.76. The van der Waals surface area contributed by atoms with Crippen molar-refractivity contribution in [1.29, 1.82) is 0 Å². The average molecular weight is 255 g/mol. The maximum Gasteiger partial charge on any atom is 0.307 e. The molecule has 0 N–H and O–H groups in total. The molecule has 2 aromatic rings. The van der Waals surface area contributed by atoms with Crippen LogP contribution in [-0.4, -0.2) is 11.1 Å². The summed E-state index contributed by atoms with van der Waals surface area (Å²) < 4.78 is 10.2. The zero-order valence-electron chi connectivity index (χ0n) is 10.3. The number of hydrogen-bond donors (Lipinski definition) is 0. The Hall–Kier alpha value is -2.36. The first-order valence-electron chi connectivity index (χ1n) is 6.19. The number of benzene rings is 1. The van der Waals surface area contributed by atoms with Crippen molar-refractivity contribution in [3.8, 4) is 0 Å². The number of esters is 1. The molecule has 1 heterocycles. The zero-order valence-corrected chi connectivity index (χ0v) is 10.3. The minimum absolute atomic E-state index is 0.227. The zero-order chi connectivity index (χ0) is 13.1. The Bertz CT molecular complexity index is 602. The van der Waals surface area contributed by atoms with Gasteiger partial charge in [-0.25, -0.2) is 0 Å². The largest absolute Gasteiger partial charge is 0.453 e. The van der Waals surface area contributed by atoms with Gasteiger partial charge in [-0.15, -0.1) is 0 Å². The summed E-state index contributed by atoms with van der Waals surface area (Å²) in [6.07, 6.45) is 5.95. The van der Waals surface area contributed by atoms with Crippen molar-refractivity contribution in [1.82, 2.24) is 5.16 Å². The SMILES string of the molecule is O=C(CCc1ccon1)OC1C=Cc2ccccc21. The van der Waals surface area contributed by atoms with Crippen LogP contribution in [0.1, 0.15) is 29.3 Å². The summed E-state index contributed by atoms with van der Waals surface area (Å²) in [5.74, 6) is -0.227. The molecule has 1 atom stereocenters. The highest BCUT2D eigenvalue weighted by Crippen LogP contribution is 2.30. The number of fused-ring (bicyclic) bond motifs is 1. The van der Waals surface area contributed by atoms with Gasteiger partial charge in [-0.2, -0.15) is 0 Å². The van der Waals surface area contributed by atoms with E-state index in [4.69, 9.17) is 9.26 Å². The highest BCUT2D eigenvalue weighted by Gasteiger charge is 2.20. The fourth-order valence-corrected chi connectivity index (χ4v) is 2.12. The van der Waals surface area contributed by atoms with E-state index in [2.05, 4.69) is 5.16 Å². The highest BCUT2D eigenvalue weighted by molar-refractivity contribution is 5.72. The molecule has 3 rings (SSSR count). The maximum atomic E-state index is 11.8. The molecule has 0 aliphatic heterocycles. The third-order valence-corrected chi connectivity index (χ3v) is 3.09. The standard InChI is InChI=1S/C15H13NO3/c17-15(8-6-12-9-10-18-16-12)19-14-7-5-11-3-1-2-4-13(11)14/h1-5,7,9-10,14H,6,8H2. The van der Waals surface area contributed by atoms with Crippen molar-refractivity contribution in [2.45, 2.75) is 18.9 Å². The Morgan fingerprint density at radius 2 is 2.21 bits per heavy atom. The van der Waals surface area contributed by atoms with E-state index in [0.29, 0.717) is 12.8 Å². The fourth-order valence-electron chi connectivity index (χ4n) is 2.12. The number of rotatable bonds is 4. The maximum absolute atomic E-state index is 11.8. The van der Waals surface area contributed by atoms with Crippen molar-refractivity contribution in [2.24, 2.45) is 0 Å². The van der Waals surface area contributed by atoms with Gasteiger partial charge in [-0.1, -0.05) is 35.5 Å². The first-order valence-corrected chi connectivity index (χ1v) is 6.19. The monoisotopic (exact) mass is 255 g/mol. The molecule has 0 spiro atoms. The fraction of sp³-hybridized carbons (Fsp3) is 0.200. The molecule has 1 unspecified atom stereocenters. The topological polar surface area (TPSA) is 52.3 Å². The molecular formula is C15H13NO3. The molecule has 19 heavy (non-hydrogen) atoms. The molecule has 96 valence electrons. The van der Waals surface area contributed by atoms with Crippen molar-refractivity contribution in [2.75, 3.05) is 0 Å². The molecular weight excluding hydrogens is 242 g/mol. The van der Waals surface area contributed by atoms with Crippen molar-refractivity contribution in [3.05, 3.63) is 59.5 Å². The smallest absolute Gasteiger partial charge is 0.307 e. The van der Waals surface area contributed by atoms with Crippen molar-refractivity contribution >= 4 is 12.0 Å². The van der Waals surface area contributed by atoms with Crippen LogP contribution in [0.2, 0.25) is 0 Å². The number of nitrogens with zero attached hydrogens (tertiary/aromatic N) is 1. The van der Waals surface area contributed by atoms with E-state index >= 15 is 0 Å². The predicted octanol–water partition coefficient (Wildman–Crippen LogP) is 2.92. The summed E-state index contributed by atoms with van der Waals surface area (Å²) in [5.41, 5.74) is 2.91. The molecule has 0 radical (unpaired) electrons. The average Bonchev–Trinajstić information content (AvgIpc) is 3.07. The van der Waals surface area contributed by atoms with Crippen molar-refractivity contribution < 1.29 is 14.1 Å². The van der Waals surface area contributed by atoms with Gasteiger partial charge in [-0.3, -0.25) is 4.79 Å². The lowest BCUT2D eigenvalue weighted by Gasteiger charge is -2.12. The Labute approximate surface area is 110 Å². The van der Waals surface area contributed by atoms with E-state index in [0.717, 1.165) is 16.8 Å².